The van der Waals surface area contributed by atoms with Crippen molar-refractivity contribution >= 4 is 0 Å². The lowest BCUT2D eigenvalue weighted by molar-refractivity contribution is 0.665. The van der Waals surface area contributed by atoms with Gasteiger partial charge in [0.25, 0.3) is 0 Å². The summed E-state index contributed by atoms with van der Waals surface area (Å²) in [7, 11) is 0. The molecule has 0 saturated carbocycles. The van der Waals surface area contributed by atoms with E-state index >= 15 is 0 Å². The van der Waals surface area contributed by atoms with E-state index in [9.17, 15) is 0 Å². The summed E-state index contributed by atoms with van der Waals surface area (Å²) in [6.45, 7) is 2.24. The Morgan fingerprint density at radius 3 is 2.62 bits per heavy atom. The first-order valence-electron chi connectivity index (χ1n) is 5.16. The first-order chi connectivity index (χ1) is 6.43. The summed E-state index contributed by atoms with van der Waals surface area (Å²) in [5.41, 5.74) is 1.30. The molecule has 0 bridgehead atoms. The quantitative estimate of drug-likeness (QED) is 0.603. The van der Waals surface area contributed by atoms with Gasteiger partial charge in [-0.2, -0.15) is 0 Å². The smallest absolute Gasteiger partial charge is 0.0270 e. The van der Waals surface area contributed by atoms with Gasteiger partial charge in [-0.25, -0.2) is 0 Å². The topological polar surface area (TPSA) is 12.9 Å². The monoisotopic (exact) mass is 176 g/mol. The number of pyridine rings is 1. The van der Waals surface area contributed by atoms with Crippen molar-refractivity contribution in [2.45, 2.75) is 39.0 Å². The zero-order chi connectivity index (χ0) is 9.36. The van der Waals surface area contributed by atoms with Crippen LogP contribution in [0.2, 0.25) is 0 Å². The maximum absolute atomic E-state index is 3.98. The molecule has 0 spiro atoms. The second-order valence-corrected chi connectivity index (χ2v) is 3.33. The number of hydrogen-bond donors (Lipinski definition) is 0. The van der Waals surface area contributed by atoms with E-state index in [0.717, 1.165) is 0 Å². The van der Waals surface area contributed by atoms with Crippen LogP contribution in [0.4, 0.5) is 0 Å². The molecule has 0 saturated heterocycles. The molecule has 1 heteroatoms. The van der Waals surface area contributed by atoms with Crippen molar-refractivity contribution in [1.29, 1.82) is 0 Å². The van der Waals surface area contributed by atoms with Crippen molar-refractivity contribution in [2.24, 2.45) is 0 Å². The van der Waals surface area contributed by atoms with Gasteiger partial charge in [-0.05, 0) is 30.5 Å². The Morgan fingerprint density at radius 2 is 1.92 bits per heavy atom. The van der Waals surface area contributed by atoms with Crippen molar-refractivity contribution in [3.8, 4) is 0 Å². The lowest BCUT2D eigenvalue weighted by atomic mass is 10.1. The summed E-state index contributed by atoms with van der Waals surface area (Å²) in [6.07, 6.45) is 12.5. The lowest BCUT2D eigenvalue weighted by Crippen LogP contribution is -1.83. The van der Waals surface area contributed by atoms with Gasteiger partial charge < -0.3 is 0 Å². The standard InChI is InChI=1S/C12H18N/c1-2-3-4-5-6-7-12-8-10-13-11-9-12/h7-11H,2-6H2,1H3. The molecule has 1 radical (unpaired) electrons. The highest BCUT2D eigenvalue weighted by atomic mass is 14.6. The van der Waals surface area contributed by atoms with Crippen molar-refractivity contribution in [1.82, 2.24) is 4.98 Å². The van der Waals surface area contributed by atoms with E-state index in [1.54, 1.807) is 0 Å². The van der Waals surface area contributed by atoms with Crippen LogP contribution >= 0.6 is 0 Å². The lowest BCUT2D eigenvalue weighted by Gasteiger charge is -1.99. The molecule has 0 unspecified atom stereocenters. The van der Waals surface area contributed by atoms with E-state index in [1.165, 1.54) is 37.7 Å². The summed E-state index contributed by atoms with van der Waals surface area (Å²) >= 11 is 0. The molecule has 0 fully saturated rings. The molecule has 0 N–H and O–H groups in total. The molecule has 13 heavy (non-hydrogen) atoms. The average molecular weight is 176 g/mol. The third kappa shape index (κ3) is 4.66. The Kier molecular flexibility index (Phi) is 5.23. The molecule has 1 heterocycles. The Morgan fingerprint density at radius 1 is 1.15 bits per heavy atom. The Hall–Kier alpha value is -0.850. The van der Waals surface area contributed by atoms with Crippen LogP contribution in [0.25, 0.3) is 0 Å². The van der Waals surface area contributed by atoms with E-state index in [2.05, 4.69) is 30.5 Å². The van der Waals surface area contributed by atoms with Gasteiger partial charge in [0.1, 0.15) is 0 Å². The predicted molar refractivity (Wildman–Crippen MR) is 56.4 cm³/mol. The van der Waals surface area contributed by atoms with E-state index in [-0.39, 0.29) is 0 Å². The van der Waals surface area contributed by atoms with Crippen molar-refractivity contribution < 1.29 is 0 Å². The second-order valence-electron chi connectivity index (χ2n) is 3.33. The zero-order valence-electron chi connectivity index (χ0n) is 8.37. The van der Waals surface area contributed by atoms with Crippen molar-refractivity contribution in [3.05, 3.63) is 36.5 Å². The van der Waals surface area contributed by atoms with Crippen LogP contribution in [0.5, 0.6) is 0 Å². The minimum atomic E-state index is 1.20. The van der Waals surface area contributed by atoms with E-state index in [4.69, 9.17) is 0 Å². The van der Waals surface area contributed by atoms with Crippen LogP contribution in [-0.2, 0) is 0 Å². The van der Waals surface area contributed by atoms with Crippen LogP contribution in [0.1, 0.15) is 44.6 Å². The molecular weight excluding hydrogens is 158 g/mol. The van der Waals surface area contributed by atoms with E-state index in [1.807, 2.05) is 12.4 Å². The maximum Gasteiger partial charge on any atom is 0.0270 e. The molecule has 0 atom stereocenters. The van der Waals surface area contributed by atoms with Crippen molar-refractivity contribution in [2.75, 3.05) is 0 Å². The predicted octanol–water partition coefficient (Wildman–Crippen LogP) is 3.60. The molecule has 0 aliphatic carbocycles. The number of rotatable bonds is 6. The van der Waals surface area contributed by atoms with E-state index < -0.39 is 0 Å². The molecule has 1 rings (SSSR count). The fourth-order valence-corrected chi connectivity index (χ4v) is 1.34. The van der Waals surface area contributed by atoms with Gasteiger partial charge in [0, 0.05) is 12.4 Å². The largest absolute Gasteiger partial charge is 0.265 e. The summed E-state index contributed by atoms with van der Waals surface area (Å²) in [5, 5.41) is 0. The van der Waals surface area contributed by atoms with Crippen LogP contribution in [0.3, 0.4) is 0 Å². The summed E-state index contributed by atoms with van der Waals surface area (Å²) < 4.78 is 0. The van der Waals surface area contributed by atoms with Gasteiger partial charge in [0.05, 0.1) is 0 Å². The zero-order valence-corrected chi connectivity index (χ0v) is 8.37. The molecule has 0 aliphatic heterocycles. The molecular formula is C12H18N. The summed E-state index contributed by atoms with van der Waals surface area (Å²) in [5.74, 6) is 0. The molecule has 0 aliphatic rings. The Bertz CT molecular complexity index is 206. The minimum Gasteiger partial charge on any atom is -0.265 e. The summed E-state index contributed by atoms with van der Waals surface area (Å²) in [6, 6.07) is 4.11. The first-order valence-corrected chi connectivity index (χ1v) is 5.16. The fourth-order valence-electron chi connectivity index (χ4n) is 1.34. The van der Waals surface area contributed by atoms with Gasteiger partial charge in [-0.1, -0.05) is 32.6 Å². The van der Waals surface area contributed by atoms with Crippen LogP contribution in [-0.4, -0.2) is 4.98 Å². The number of unbranched alkanes of at least 4 members (excludes halogenated alkanes) is 4. The summed E-state index contributed by atoms with van der Waals surface area (Å²) in [4.78, 5) is 3.98. The maximum atomic E-state index is 3.98. The van der Waals surface area contributed by atoms with Gasteiger partial charge in [-0.15, -0.1) is 0 Å². The van der Waals surface area contributed by atoms with Crippen molar-refractivity contribution in [3.63, 3.8) is 0 Å². The molecule has 1 aromatic heterocycles. The molecule has 1 nitrogen and oxygen atoms in total. The molecule has 71 valence electrons. The van der Waals surface area contributed by atoms with E-state index in [0.29, 0.717) is 0 Å². The van der Waals surface area contributed by atoms with Crippen LogP contribution in [0, 0.1) is 6.42 Å². The SMILES string of the molecule is CCCCCC[CH]c1ccncc1. The Labute approximate surface area is 81.2 Å². The second kappa shape index (κ2) is 6.64. The normalized spacial score (nSPS) is 10.2. The van der Waals surface area contributed by atoms with Crippen LogP contribution < -0.4 is 0 Å². The third-order valence-electron chi connectivity index (χ3n) is 2.14. The highest BCUT2D eigenvalue weighted by Gasteiger charge is 1.92. The molecule has 0 amide bonds. The van der Waals surface area contributed by atoms with Crippen LogP contribution in [0.15, 0.2) is 24.5 Å². The van der Waals surface area contributed by atoms with Gasteiger partial charge in [-0.3, -0.25) is 4.98 Å². The molecule has 1 aromatic rings. The minimum absolute atomic E-state index is 1.20. The number of aromatic nitrogens is 1. The first kappa shape index (κ1) is 10.2. The van der Waals surface area contributed by atoms with Gasteiger partial charge >= 0.3 is 0 Å². The number of nitrogens with zero attached hydrogens (tertiary/aromatic N) is 1. The average Bonchev–Trinajstić information content (AvgIpc) is 2.19. The highest BCUT2D eigenvalue weighted by Crippen LogP contribution is 2.09. The van der Waals surface area contributed by atoms with Gasteiger partial charge in [0.15, 0.2) is 0 Å². The Balaban J connectivity index is 2.07. The number of hydrogen-bond acceptors (Lipinski definition) is 1. The molecule has 0 aromatic carbocycles. The fraction of sp³-hybridized carbons (Fsp3) is 0.500. The highest BCUT2D eigenvalue weighted by molar-refractivity contribution is 5.18. The van der Waals surface area contributed by atoms with Gasteiger partial charge in [0.2, 0.25) is 0 Å². The third-order valence-corrected chi connectivity index (χ3v) is 2.14.